The van der Waals surface area contributed by atoms with Crippen LogP contribution in [0.1, 0.15) is 21.5 Å². The topological polar surface area (TPSA) is 96.0 Å². The van der Waals surface area contributed by atoms with Gasteiger partial charge in [0.1, 0.15) is 0 Å². The third-order valence-corrected chi connectivity index (χ3v) is 3.24. The lowest BCUT2D eigenvalue weighted by atomic mass is 10.1. The average molecular weight is 316 g/mol. The first-order valence-corrected chi connectivity index (χ1v) is 6.60. The van der Waals surface area contributed by atoms with E-state index in [0.717, 1.165) is 11.6 Å². The summed E-state index contributed by atoms with van der Waals surface area (Å²) in [7, 11) is 0. The molecule has 2 rings (SSSR count). The maximum Gasteiger partial charge on any atom is 0.270 e. The standard InChI is InChI=1S/C15H10ClN3O3/c16-14-5-4-12(19(21)22)7-13(14)15(20)18-9-11-3-1-2-10(6-11)8-17/h1-7H,9H2,(H,18,20). The number of non-ortho nitro benzene ring substituents is 1. The first-order valence-electron chi connectivity index (χ1n) is 6.22. The Kier molecular flexibility index (Phi) is 4.71. The third-order valence-electron chi connectivity index (χ3n) is 2.91. The van der Waals surface area contributed by atoms with E-state index in [9.17, 15) is 14.9 Å². The van der Waals surface area contributed by atoms with Gasteiger partial charge in [0.15, 0.2) is 0 Å². The summed E-state index contributed by atoms with van der Waals surface area (Å²) in [5, 5.41) is 22.3. The lowest BCUT2D eigenvalue weighted by molar-refractivity contribution is -0.384. The van der Waals surface area contributed by atoms with Crippen molar-refractivity contribution in [2.24, 2.45) is 0 Å². The van der Waals surface area contributed by atoms with E-state index in [1.165, 1.54) is 12.1 Å². The van der Waals surface area contributed by atoms with Gasteiger partial charge in [-0.05, 0) is 23.8 Å². The van der Waals surface area contributed by atoms with Crippen LogP contribution in [0.15, 0.2) is 42.5 Å². The zero-order valence-corrected chi connectivity index (χ0v) is 12.0. The van der Waals surface area contributed by atoms with Gasteiger partial charge in [-0.2, -0.15) is 5.26 Å². The second-order valence-electron chi connectivity index (χ2n) is 4.42. The summed E-state index contributed by atoms with van der Waals surface area (Å²) in [6, 6.07) is 12.4. The molecule has 0 fully saturated rings. The minimum Gasteiger partial charge on any atom is -0.348 e. The van der Waals surface area contributed by atoms with Crippen molar-refractivity contribution in [2.45, 2.75) is 6.54 Å². The summed E-state index contributed by atoms with van der Waals surface area (Å²) in [6.07, 6.45) is 0. The van der Waals surface area contributed by atoms with Gasteiger partial charge in [0.2, 0.25) is 0 Å². The van der Waals surface area contributed by atoms with Crippen LogP contribution in [-0.4, -0.2) is 10.8 Å². The SMILES string of the molecule is N#Cc1cccc(CNC(=O)c2cc([N+](=O)[O-])ccc2Cl)c1. The minimum atomic E-state index is -0.594. The molecule has 0 saturated carbocycles. The number of carbonyl (C=O) groups excluding carboxylic acids is 1. The fourth-order valence-corrected chi connectivity index (χ4v) is 2.03. The minimum absolute atomic E-state index is 0.0345. The molecule has 7 heteroatoms. The molecule has 0 aliphatic heterocycles. The molecule has 2 aromatic carbocycles. The molecule has 0 aliphatic carbocycles. The van der Waals surface area contributed by atoms with Crippen molar-refractivity contribution in [3.63, 3.8) is 0 Å². The molecule has 1 amide bonds. The number of rotatable bonds is 4. The van der Waals surface area contributed by atoms with Crippen LogP contribution in [0, 0.1) is 21.4 Å². The van der Waals surface area contributed by atoms with Crippen LogP contribution in [0.4, 0.5) is 5.69 Å². The van der Waals surface area contributed by atoms with Crippen molar-refractivity contribution in [3.05, 3.63) is 74.3 Å². The summed E-state index contributed by atoms with van der Waals surface area (Å²) in [4.78, 5) is 22.2. The predicted molar refractivity (Wildman–Crippen MR) is 80.4 cm³/mol. The number of carbonyl (C=O) groups is 1. The molecule has 0 aliphatic rings. The Hall–Kier alpha value is -2.91. The first kappa shape index (κ1) is 15.5. The number of hydrogen-bond acceptors (Lipinski definition) is 4. The third kappa shape index (κ3) is 3.59. The second-order valence-corrected chi connectivity index (χ2v) is 4.82. The van der Waals surface area contributed by atoms with Gasteiger partial charge in [-0.1, -0.05) is 23.7 Å². The predicted octanol–water partition coefficient (Wildman–Crippen LogP) is 3.05. The molecule has 22 heavy (non-hydrogen) atoms. The summed E-state index contributed by atoms with van der Waals surface area (Å²) in [5.74, 6) is -0.518. The Bertz CT molecular complexity index is 784. The highest BCUT2D eigenvalue weighted by Gasteiger charge is 2.15. The quantitative estimate of drug-likeness (QED) is 0.692. The smallest absolute Gasteiger partial charge is 0.270 e. The monoisotopic (exact) mass is 315 g/mol. The second kappa shape index (κ2) is 6.70. The van der Waals surface area contributed by atoms with E-state index < -0.39 is 10.8 Å². The first-order chi connectivity index (χ1) is 10.5. The molecule has 0 saturated heterocycles. The van der Waals surface area contributed by atoms with E-state index in [-0.39, 0.29) is 22.8 Å². The van der Waals surface area contributed by atoms with Crippen LogP contribution >= 0.6 is 11.6 Å². The fourth-order valence-electron chi connectivity index (χ4n) is 1.83. The number of halogens is 1. The maximum absolute atomic E-state index is 12.1. The highest BCUT2D eigenvalue weighted by Crippen LogP contribution is 2.22. The molecular weight excluding hydrogens is 306 g/mol. The van der Waals surface area contributed by atoms with Crippen molar-refractivity contribution in [1.82, 2.24) is 5.32 Å². The van der Waals surface area contributed by atoms with Crippen LogP contribution in [-0.2, 0) is 6.54 Å². The van der Waals surface area contributed by atoms with Crippen LogP contribution < -0.4 is 5.32 Å². The lowest BCUT2D eigenvalue weighted by Gasteiger charge is -2.07. The van der Waals surface area contributed by atoms with Gasteiger partial charge >= 0.3 is 0 Å². The highest BCUT2D eigenvalue weighted by atomic mass is 35.5. The van der Waals surface area contributed by atoms with Gasteiger partial charge in [-0.25, -0.2) is 0 Å². The molecule has 0 aromatic heterocycles. The molecule has 0 radical (unpaired) electrons. The van der Waals surface area contributed by atoms with Crippen LogP contribution in [0.5, 0.6) is 0 Å². The number of nitrogens with one attached hydrogen (secondary N) is 1. The Morgan fingerprint density at radius 3 is 2.77 bits per heavy atom. The number of nitro groups is 1. The molecule has 110 valence electrons. The van der Waals surface area contributed by atoms with Gasteiger partial charge < -0.3 is 5.32 Å². The van der Waals surface area contributed by atoms with Crippen molar-refractivity contribution in [1.29, 1.82) is 5.26 Å². The highest BCUT2D eigenvalue weighted by molar-refractivity contribution is 6.33. The molecule has 2 aromatic rings. The normalized spacial score (nSPS) is 9.82. The zero-order valence-electron chi connectivity index (χ0n) is 11.2. The van der Waals surface area contributed by atoms with E-state index in [1.807, 2.05) is 6.07 Å². The molecule has 0 unspecified atom stereocenters. The van der Waals surface area contributed by atoms with Gasteiger partial charge in [-0.15, -0.1) is 0 Å². The van der Waals surface area contributed by atoms with Crippen molar-refractivity contribution in [3.8, 4) is 6.07 Å². The van der Waals surface area contributed by atoms with E-state index >= 15 is 0 Å². The fraction of sp³-hybridized carbons (Fsp3) is 0.0667. The number of hydrogen-bond donors (Lipinski definition) is 1. The average Bonchev–Trinajstić information content (AvgIpc) is 2.53. The molecule has 1 N–H and O–H groups in total. The van der Waals surface area contributed by atoms with Gasteiger partial charge in [0.05, 0.1) is 27.1 Å². The number of benzene rings is 2. The zero-order chi connectivity index (χ0) is 16.1. The van der Waals surface area contributed by atoms with Gasteiger partial charge in [0.25, 0.3) is 11.6 Å². The lowest BCUT2D eigenvalue weighted by Crippen LogP contribution is -2.23. The van der Waals surface area contributed by atoms with E-state index in [0.29, 0.717) is 5.56 Å². The molecule has 0 atom stereocenters. The van der Waals surface area contributed by atoms with Crippen molar-refractivity contribution >= 4 is 23.2 Å². The summed E-state index contributed by atoms with van der Waals surface area (Å²) in [5.41, 5.74) is 1.06. The Labute approximate surface area is 131 Å². The van der Waals surface area contributed by atoms with E-state index in [2.05, 4.69) is 5.32 Å². The number of nitro benzene ring substituents is 1. The molecule has 0 heterocycles. The molecule has 0 bridgehead atoms. The Balaban J connectivity index is 2.14. The van der Waals surface area contributed by atoms with Gasteiger partial charge in [0, 0.05) is 18.7 Å². The van der Waals surface area contributed by atoms with Crippen LogP contribution in [0.3, 0.4) is 0 Å². The van der Waals surface area contributed by atoms with Gasteiger partial charge in [-0.3, -0.25) is 14.9 Å². The molecule has 0 spiro atoms. The van der Waals surface area contributed by atoms with Crippen molar-refractivity contribution < 1.29 is 9.72 Å². The van der Waals surface area contributed by atoms with Crippen molar-refractivity contribution in [2.75, 3.05) is 0 Å². The number of amides is 1. The number of nitrogens with zero attached hydrogens (tertiary/aromatic N) is 2. The maximum atomic E-state index is 12.1. The largest absolute Gasteiger partial charge is 0.348 e. The van der Waals surface area contributed by atoms with E-state index in [1.54, 1.807) is 24.3 Å². The summed E-state index contributed by atoms with van der Waals surface area (Å²) >= 11 is 5.90. The van der Waals surface area contributed by atoms with Crippen LogP contribution in [0.25, 0.3) is 0 Å². The summed E-state index contributed by atoms with van der Waals surface area (Å²) < 4.78 is 0. The summed E-state index contributed by atoms with van der Waals surface area (Å²) in [6.45, 7) is 0.188. The Morgan fingerprint density at radius 2 is 2.09 bits per heavy atom. The van der Waals surface area contributed by atoms with Crippen LogP contribution in [0.2, 0.25) is 5.02 Å². The molecule has 6 nitrogen and oxygen atoms in total. The number of nitriles is 1. The Morgan fingerprint density at radius 1 is 1.32 bits per heavy atom. The molecular formula is C15H10ClN3O3. The van der Waals surface area contributed by atoms with E-state index in [4.69, 9.17) is 16.9 Å².